The second kappa shape index (κ2) is 8.31. The molecule has 24 heavy (non-hydrogen) atoms. The summed E-state index contributed by atoms with van der Waals surface area (Å²) in [5.74, 6) is 0.177. The Hall–Kier alpha value is -2.60. The van der Waals surface area contributed by atoms with Crippen LogP contribution in [0.1, 0.15) is 18.9 Å². The minimum absolute atomic E-state index is 0.0152. The number of hydrogen-bond donors (Lipinski definition) is 1. The van der Waals surface area contributed by atoms with Gasteiger partial charge in [0.15, 0.2) is 6.61 Å². The molecule has 2 aromatic rings. The maximum atomic E-state index is 11.9. The van der Waals surface area contributed by atoms with Gasteiger partial charge in [0.25, 0.3) is 11.6 Å². The SMILES string of the molecule is CCCc1ccc(OCC(=O)Nc2ccc(Cl)c([N+](=O)[O-])c2)cc1. The summed E-state index contributed by atoms with van der Waals surface area (Å²) in [6.45, 7) is 1.92. The number of carbonyl (C=O) groups is 1. The smallest absolute Gasteiger partial charge is 0.289 e. The fourth-order valence-corrected chi connectivity index (χ4v) is 2.30. The maximum absolute atomic E-state index is 11.9. The number of ether oxygens (including phenoxy) is 1. The number of anilines is 1. The highest BCUT2D eigenvalue weighted by molar-refractivity contribution is 6.32. The van der Waals surface area contributed by atoms with E-state index in [0.717, 1.165) is 12.8 Å². The van der Waals surface area contributed by atoms with Crippen LogP contribution < -0.4 is 10.1 Å². The summed E-state index contributed by atoms with van der Waals surface area (Å²) in [6.07, 6.45) is 2.06. The molecule has 0 aliphatic heterocycles. The van der Waals surface area contributed by atoms with Crippen LogP contribution in [-0.2, 0) is 11.2 Å². The molecular formula is C17H17ClN2O4. The van der Waals surface area contributed by atoms with Gasteiger partial charge in [-0.05, 0) is 36.2 Å². The Bertz CT molecular complexity index is 732. The molecule has 0 aliphatic carbocycles. The molecule has 126 valence electrons. The Morgan fingerprint density at radius 2 is 1.96 bits per heavy atom. The summed E-state index contributed by atoms with van der Waals surface area (Å²) < 4.78 is 5.40. The number of nitro groups is 1. The number of aryl methyl sites for hydroxylation is 1. The quantitative estimate of drug-likeness (QED) is 0.600. The predicted molar refractivity (Wildman–Crippen MR) is 92.7 cm³/mol. The first-order valence-corrected chi connectivity index (χ1v) is 7.83. The number of rotatable bonds is 7. The molecule has 0 unspecified atom stereocenters. The lowest BCUT2D eigenvalue weighted by Crippen LogP contribution is -2.20. The van der Waals surface area contributed by atoms with Gasteiger partial charge in [-0.2, -0.15) is 0 Å². The summed E-state index contributed by atoms with van der Waals surface area (Å²) >= 11 is 5.73. The van der Waals surface area contributed by atoms with Crippen LogP contribution in [0.5, 0.6) is 5.75 Å². The summed E-state index contributed by atoms with van der Waals surface area (Å²) in [4.78, 5) is 22.1. The first-order chi connectivity index (χ1) is 11.5. The lowest BCUT2D eigenvalue weighted by Gasteiger charge is -2.08. The van der Waals surface area contributed by atoms with Gasteiger partial charge in [-0.25, -0.2) is 0 Å². The van der Waals surface area contributed by atoms with Crippen molar-refractivity contribution in [1.82, 2.24) is 0 Å². The largest absolute Gasteiger partial charge is 0.484 e. The molecule has 2 rings (SSSR count). The predicted octanol–water partition coefficient (Wildman–Crippen LogP) is 4.22. The fraction of sp³-hybridized carbons (Fsp3) is 0.235. The molecular weight excluding hydrogens is 332 g/mol. The standard InChI is InChI=1S/C17H17ClN2O4/c1-2-3-12-4-7-14(8-5-12)24-11-17(21)19-13-6-9-15(18)16(10-13)20(22)23/h4-10H,2-3,11H2,1H3,(H,19,21). The van der Waals surface area contributed by atoms with Crippen LogP contribution in [0.2, 0.25) is 5.02 Å². The average Bonchev–Trinajstić information content (AvgIpc) is 2.56. The highest BCUT2D eigenvalue weighted by Crippen LogP contribution is 2.27. The van der Waals surface area contributed by atoms with E-state index in [9.17, 15) is 14.9 Å². The summed E-state index contributed by atoms with van der Waals surface area (Å²) in [5, 5.41) is 13.4. The number of nitrogens with zero attached hydrogens (tertiary/aromatic N) is 1. The normalized spacial score (nSPS) is 10.2. The van der Waals surface area contributed by atoms with Crippen LogP contribution in [0.15, 0.2) is 42.5 Å². The molecule has 6 nitrogen and oxygen atoms in total. The monoisotopic (exact) mass is 348 g/mol. The van der Waals surface area contributed by atoms with E-state index in [-0.39, 0.29) is 23.0 Å². The van der Waals surface area contributed by atoms with Crippen molar-refractivity contribution in [2.75, 3.05) is 11.9 Å². The van der Waals surface area contributed by atoms with Crippen LogP contribution in [0.25, 0.3) is 0 Å². The number of hydrogen-bond acceptors (Lipinski definition) is 4. The summed E-state index contributed by atoms with van der Waals surface area (Å²) in [6, 6.07) is 11.6. The van der Waals surface area contributed by atoms with Crippen LogP contribution >= 0.6 is 11.6 Å². The number of amides is 1. The van der Waals surface area contributed by atoms with Crippen LogP contribution in [0.3, 0.4) is 0 Å². The van der Waals surface area contributed by atoms with E-state index < -0.39 is 10.8 Å². The van der Waals surface area contributed by atoms with Crippen molar-refractivity contribution in [2.24, 2.45) is 0 Å². The van der Waals surface area contributed by atoms with Gasteiger partial charge < -0.3 is 10.1 Å². The first kappa shape index (κ1) is 17.7. The topological polar surface area (TPSA) is 81.5 Å². The van der Waals surface area contributed by atoms with Gasteiger partial charge in [0.2, 0.25) is 0 Å². The zero-order chi connectivity index (χ0) is 17.5. The molecule has 0 bridgehead atoms. The van der Waals surface area contributed by atoms with E-state index in [1.165, 1.54) is 23.8 Å². The molecule has 0 fully saturated rings. The van der Waals surface area contributed by atoms with E-state index in [4.69, 9.17) is 16.3 Å². The lowest BCUT2D eigenvalue weighted by atomic mass is 10.1. The minimum atomic E-state index is -0.605. The van der Waals surface area contributed by atoms with Crippen LogP contribution in [0.4, 0.5) is 11.4 Å². The number of nitro benzene ring substituents is 1. The number of carbonyl (C=O) groups excluding carboxylic acids is 1. The van der Waals surface area contributed by atoms with E-state index in [0.29, 0.717) is 5.75 Å². The zero-order valence-corrected chi connectivity index (χ0v) is 13.9. The molecule has 1 N–H and O–H groups in total. The molecule has 0 aliphatic rings. The van der Waals surface area contributed by atoms with E-state index in [1.807, 2.05) is 24.3 Å². The Kier molecular flexibility index (Phi) is 6.14. The molecule has 0 saturated carbocycles. The maximum Gasteiger partial charge on any atom is 0.289 e. The van der Waals surface area contributed by atoms with Gasteiger partial charge >= 0.3 is 0 Å². The molecule has 0 aromatic heterocycles. The van der Waals surface area contributed by atoms with Crippen molar-refractivity contribution in [3.05, 3.63) is 63.2 Å². The summed E-state index contributed by atoms with van der Waals surface area (Å²) in [5.41, 5.74) is 1.24. The van der Waals surface area contributed by atoms with Gasteiger partial charge in [-0.3, -0.25) is 14.9 Å². The average molecular weight is 349 g/mol. The minimum Gasteiger partial charge on any atom is -0.484 e. The Balaban J connectivity index is 1.91. The zero-order valence-electron chi connectivity index (χ0n) is 13.1. The molecule has 0 spiro atoms. The molecule has 1 amide bonds. The molecule has 0 radical (unpaired) electrons. The first-order valence-electron chi connectivity index (χ1n) is 7.45. The van der Waals surface area contributed by atoms with Crippen molar-refractivity contribution in [2.45, 2.75) is 19.8 Å². The van der Waals surface area contributed by atoms with Crippen molar-refractivity contribution >= 4 is 28.9 Å². The van der Waals surface area contributed by atoms with Crippen molar-refractivity contribution < 1.29 is 14.5 Å². The number of halogens is 1. The fourth-order valence-electron chi connectivity index (χ4n) is 2.12. The molecule has 7 heteroatoms. The third-order valence-electron chi connectivity index (χ3n) is 3.26. The molecule has 0 saturated heterocycles. The molecule has 2 aromatic carbocycles. The third kappa shape index (κ3) is 4.96. The molecule has 0 atom stereocenters. The second-order valence-electron chi connectivity index (χ2n) is 5.15. The lowest BCUT2D eigenvalue weighted by molar-refractivity contribution is -0.384. The van der Waals surface area contributed by atoms with Gasteiger partial charge in [-0.1, -0.05) is 37.1 Å². The Morgan fingerprint density at radius 1 is 1.25 bits per heavy atom. The van der Waals surface area contributed by atoms with Gasteiger partial charge in [0, 0.05) is 11.8 Å². The highest BCUT2D eigenvalue weighted by Gasteiger charge is 2.14. The highest BCUT2D eigenvalue weighted by atomic mass is 35.5. The van der Waals surface area contributed by atoms with Gasteiger partial charge in [0.1, 0.15) is 10.8 Å². The van der Waals surface area contributed by atoms with E-state index in [1.54, 1.807) is 0 Å². The summed E-state index contributed by atoms with van der Waals surface area (Å²) in [7, 11) is 0. The Morgan fingerprint density at radius 3 is 2.58 bits per heavy atom. The van der Waals surface area contributed by atoms with Crippen molar-refractivity contribution in [3.8, 4) is 5.75 Å². The molecule has 0 heterocycles. The van der Waals surface area contributed by atoms with Crippen LogP contribution in [-0.4, -0.2) is 17.4 Å². The van der Waals surface area contributed by atoms with Crippen LogP contribution in [0, 0.1) is 10.1 Å². The number of nitrogens with one attached hydrogen (secondary N) is 1. The van der Waals surface area contributed by atoms with Crippen molar-refractivity contribution in [3.63, 3.8) is 0 Å². The third-order valence-corrected chi connectivity index (χ3v) is 3.58. The van der Waals surface area contributed by atoms with Crippen molar-refractivity contribution in [1.29, 1.82) is 0 Å². The van der Waals surface area contributed by atoms with E-state index in [2.05, 4.69) is 12.2 Å². The van der Waals surface area contributed by atoms with Gasteiger partial charge in [0.05, 0.1) is 4.92 Å². The van der Waals surface area contributed by atoms with Gasteiger partial charge in [-0.15, -0.1) is 0 Å². The number of benzene rings is 2. The van der Waals surface area contributed by atoms with E-state index >= 15 is 0 Å². The second-order valence-corrected chi connectivity index (χ2v) is 5.56. The Labute approximate surface area is 144 Å².